The number of halogens is 3. The Morgan fingerprint density at radius 2 is 1.95 bits per heavy atom. The van der Waals surface area contributed by atoms with Gasteiger partial charge in [0.25, 0.3) is 0 Å². The van der Waals surface area contributed by atoms with E-state index < -0.39 is 0 Å². The number of hydrogen-bond acceptors (Lipinski definition) is 2. The second kappa shape index (κ2) is 5.84. The van der Waals surface area contributed by atoms with Crippen LogP contribution in [0.3, 0.4) is 0 Å². The van der Waals surface area contributed by atoms with Crippen LogP contribution in [-0.2, 0) is 6.42 Å². The van der Waals surface area contributed by atoms with Crippen LogP contribution in [0.25, 0.3) is 0 Å². The van der Waals surface area contributed by atoms with Crippen molar-refractivity contribution in [2.24, 2.45) is 0 Å². The molecule has 0 aliphatic carbocycles. The van der Waals surface area contributed by atoms with Gasteiger partial charge in [-0.2, -0.15) is 0 Å². The van der Waals surface area contributed by atoms with Gasteiger partial charge in [-0.25, -0.2) is 4.39 Å². The van der Waals surface area contributed by atoms with E-state index in [0.717, 1.165) is 4.47 Å². The van der Waals surface area contributed by atoms with Gasteiger partial charge < -0.3 is 5.73 Å². The SMILES string of the molecule is Nc1cc(Br)ccc1C(=O)Cc1cccc(F)c1Br. The summed E-state index contributed by atoms with van der Waals surface area (Å²) in [6, 6.07) is 9.72. The van der Waals surface area contributed by atoms with Crippen LogP contribution in [0.2, 0.25) is 0 Å². The summed E-state index contributed by atoms with van der Waals surface area (Å²) in [5.74, 6) is -0.523. The summed E-state index contributed by atoms with van der Waals surface area (Å²) in [4.78, 5) is 12.2. The van der Waals surface area contributed by atoms with Crippen molar-refractivity contribution < 1.29 is 9.18 Å². The lowest BCUT2D eigenvalue weighted by atomic mass is 10.0. The molecule has 0 amide bonds. The fraction of sp³-hybridized carbons (Fsp3) is 0.0714. The van der Waals surface area contributed by atoms with Gasteiger partial charge in [0.1, 0.15) is 5.82 Å². The topological polar surface area (TPSA) is 43.1 Å². The number of nitrogens with two attached hydrogens (primary N) is 1. The molecule has 0 atom stereocenters. The molecule has 2 aromatic rings. The Labute approximate surface area is 127 Å². The van der Waals surface area contributed by atoms with Crippen molar-refractivity contribution in [3.8, 4) is 0 Å². The third-order valence-electron chi connectivity index (χ3n) is 2.70. The summed E-state index contributed by atoms with van der Waals surface area (Å²) in [5, 5.41) is 0. The zero-order valence-electron chi connectivity index (χ0n) is 9.79. The number of carbonyl (C=O) groups is 1. The van der Waals surface area contributed by atoms with E-state index in [2.05, 4.69) is 31.9 Å². The van der Waals surface area contributed by atoms with Gasteiger partial charge in [-0.3, -0.25) is 4.79 Å². The third kappa shape index (κ3) is 3.22. The second-order valence-corrected chi connectivity index (χ2v) is 5.75. The summed E-state index contributed by atoms with van der Waals surface area (Å²) in [5.41, 5.74) is 7.26. The Bertz CT molecular complexity index is 643. The van der Waals surface area contributed by atoms with Crippen molar-refractivity contribution in [2.45, 2.75) is 6.42 Å². The number of benzene rings is 2. The summed E-state index contributed by atoms with van der Waals surface area (Å²) in [6.45, 7) is 0. The third-order valence-corrected chi connectivity index (χ3v) is 4.08. The highest BCUT2D eigenvalue weighted by Gasteiger charge is 2.14. The molecular weight excluding hydrogens is 377 g/mol. The van der Waals surface area contributed by atoms with E-state index in [1.165, 1.54) is 6.07 Å². The minimum absolute atomic E-state index is 0.101. The second-order valence-electron chi connectivity index (χ2n) is 4.04. The molecule has 2 nitrogen and oxygen atoms in total. The van der Waals surface area contributed by atoms with Crippen LogP contribution >= 0.6 is 31.9 Å². The molecule has 0 unspecified atom stereocenters. The van der Waals surface area contributed by atoms with Gasteiger partial charge in [-0.05, 0) is 45.8 Å². The predicted molar refractivity (Wildman–Crippen MR) is 80.7 cm³/mol. The minimum atomic E-state index is -0.380. The largest absolute Gasteiger partial charge is 0.398 e. The maximum absolute atomic E-state index is 13.4. The highest BCUT2D eigenvalue weighted by Crippen LogP contribution is 2.24. The number of rotatable bonds is 3. The molecule has 2 N–H and O–H groups in total. The lowest BCUT2D eigenvalue weighted by molar-refractivity contribution is 0.0993. The number of ketones is 1. The monoisotopic (exact) mass is 385 g/mol. The smallest absolute Gasteiger partial charge is 0.169 e. The Hall–Kier alpha value is -1.20. The molecule has 0 fully saturated rings. The van der Waals surface area contributed by atoms with Crippen molar-refractivity contribution in [3.05, 3.63) is 62.3 Å². The quantitative estimate of drug-likeness (QED) is 0.629. The fourth-order valence-electron chi connectivity index (χ4n) is 1.74. The molecule has 5 heteroatoms. The highest BCUT2D eigenvalue weighted by molar-refractivity contribution is 9.10. The normalized spacial score (nSPS) is 10.5. The van der Waals surface area contributed by atoms with Gasteiger partial charge in [-0.15, -0.1) is 0 Å². The number of carbonyl (C=O) groups excluding carboxylic acids is 1. The average Bonchev–Trinajstić information content (AvgIpc) is 2.34. The molecule has 0 aromatic heterocycles. The molecule has 0 heterocycles. The average molecular weight is 387 g/mol. The molecule has 98 valence electrons. The number of Topliss-reactive ketones (excluding diaryl/α,β-unsaturated/α-hetero) is 1. The van der Waals surface area contributed by atoms with Crippen LogP contribution in [-0.4, -0.2) is 5.78 Å². The van der Waals surface area contributed by atoms with Crippen molar-refractivity contribution in [3.63, 3.8) is 0 Å². The molecule has 0 bridgehead atoms. The summed E-state index contributed by atoms with van der Waals surface area (Å²) in [7, 11) is 0. The first kappa shape index (κ1) is 14.2. The van der Waals surface area contributed by atoms with Crippen LogP contribution in [0.4, 0.5) is 10.1 Å². The minimum Gasteiger partial charge on any atom is -0.398 e. The molecule has 2 aromatic carbocycles. The van der Waals surface area contributed by atoms with Crippen LogP contribution in [0.1, 0.15) is 15.9 Å². The first-order valence-electron chi connectivity index (χ1n) is 5.50. The Kier molecular flexibility index (Phi) is 4.37. The maximum Gasteiger partial charge on any atom is 0.169 e. The first-order chi connectivity index (χ1) is 8.99. The predicted octanol–water partition coefficient (Wildman–Crippen LogP) is 4.36. The van der Waals surface area contributed by atoms with Gasteiger partial charge in [0.2, 0.25) is 0 Å². The standard InChI is InChI=1S/C14H10Br2FNO/c15-9-4-5-10(12(18)7-9)13(19)6-8-2-1-3-11(17)14(8)16/h1-5,7H,6,18H2. The zero-order chi connectivity index (χ0) is 14.0. The van der Waals surface area contributed by atoms with Gasteiger partial charge >= 0.3 is 0 Å². The summed E-state index contributed by atoms with van der Waals surface area (Å²) >= 11 is 6.43. The lowest BCUT2D eigenvalue weighted by Crippen LogP contribution is -2.07. The number of nitrogen functional groups attached to an aromatic ring is 1. The lowest BCUT2D eigenvalue weighted by Gasteiger charge is -2.07. The van der Waals surface area contributed by atoms with E-state index in [-0.39, 0.29) is 18.0 Å². The van der Waals surface area contributed by atoms with Gasteiger partial charge in [-0.1, -0.05) is 28.1 Å². The van der Waals surface area contributed by atoms with Crippen molar-refractivity contribution in [1.29, 1.82) is 0 Å². The first-order valence-corrected chi connectivity index (χ1v) is 7.08. The molecule has 0 aliphatic heterocycles. The van der Waals surface area contributed by atoms with Crippen molar-refractivity contribution >= 4 is 43.3 Å². The van der Waals surface area contributed by atoms with E-state index in [0.29, 0.717) is 21.3 Å². The molecule has 0 radical (unpaired) electrons. The fourth-order valence-corrected chi connectivity index (χ4v) is 2.52. The molecule has 19 heavy (non-hydrogen) atoms. The number of anilines is 1. The van der Waals surface area contributed by atoms with Gasteiger partial charge in [0, 0.05) is 22.1 Å². The molecule has 0 spiro atoms. The molecule has 0 saturated heterocycles. The van der Waals surface area contributed by atoms with Crippen LogP contribution in [0.15, 0.2) is 45.3 Å². The van der Waals surface area contributed by atoms with E-state index in [1.54, 1.807) is 30.3 Å². The molecule has 0 aliphatic rings. The van der Waals surface area contributed by atoms with Crippen LogP contribution in [0, 0.1) is 5.82 Å². The van der Waals surface area contributed by atoms with Gasteiger partial charge in [0.15, 0.2) is 5.78 Å². The van der Waals surface area contributed by atoms with E-state index >= 15 is 0 Å². The van der Waals surface area contributed by atoms with E-state index in [9.17, 15) is 9.18 Å². The summed E-state index contributed by atoms with van der Waals surface area (Å²) in [6.07, 6.45) is 0.101. The molecular formula is C14H10Br2FNO. The molecule has 2 rings (SSSR count). The summed E-state index contributed by atoms with van der Waals surface area (Å²) < 4.78 is 14.5. The Morgan fingerprint density at radius 1 is 1.21 bits per heavy atom. The van der Waals surface area contributed by atoms with E-state index in [1.807, 2.05) is 0 Å². The van der Waals surface area contributed by atoms with Crippen LogP contribution in [0.5, 0.6) is 0 Å². The van der Waals surface area contributed by atoms with Crippen molar-refractivity contribution in [1.82, 2.24) is 0 Å². The Morgan fingerprint density at radius 3 is 2.63 bits per heavy atom. The molecule has 0 saturated carbocycles. The maximum atomic E-state index is 13.4. The Balaban J connectivity index is 2.28. The zero-order valence-corrected chi connectivity index (χ0v) is 13.0. The highest BCUT2D eigenvalue weighted by atomic mass is 79.9. The van der Waals surface area contributed by atoms with Gasteiger partial charge in [0.05, 0.1) is 4.47 Å². The number of hydrogen-bond donors (Lipinski definition) is 1. The van der Waals surface area contributed by atoms with Crippen LogP contribution < -0.4 is 5.73 Å². The van der Waals surface area contributed by atoms with Crippen molar-refractivity contribution in [2.75, 3.05) is 5.73 Å². The van der Waals surface area contributed by atoms with E-state index in [4.69, 9.17) is 5.73 Å².